The van der Waals surface area contributed by atoms with E-state index in [-0.39, 0.29) is 22.3 Å². The second-order valence-electron chi connectivity index (χ2n) is 3.30. The molecule has 0 saturated carbocycles. The smallest absolute Gasteiger partial charge is 0.356 e. The second-order valence-corrected chi connectivity index (χ2v) is 3.30. The van der Waals surface area contributed by atoms with Crippen LogP contribution in [-0.2, 0) is 6.18 Å². The zero-order chi connectivity index (χ0) is 11.9. The van der Waals surface area contributed by atoms with Crippen molar-refractivity contribution in [3.8, 4) is 0 Å². The van der Waals surface area contributed by atoms with Crippen molar-refractivity contribution in [2.24, 2.45) is 0 Å². The van der Waals surface area contributed by atoms with Gasteiger partial charge in [0.05, 0.1) is 5.39 Å². The summed E-state index contributed by atoms with van der Waals surface area (Å²) in [6.45, 7) is 1.28. The number of benzene rings is 1. The number of aromatic nitrogens is 1. The van der Waals surface area contributed by atoms with Crippen LogP contribution in [0, 0.1) is 0 Å². The normalized spacial score (nSPS) is 12.0. The first-order chi connectivity index (χ1) is 7.39. The van der Waals surface area contributed by atoms with E-state index < -0.39 is 11.9 Å². The van der Waals surface area contributed by atoms with Gasteiger partial charge >= 0.3 is 6.18 Å². The molecular weight excluding hydrogens is 223 g/mol. The van der Waals surface area contributed by atoms with Crippen LogP contribution in [0.5, 0.6) is 0 Å². The number of alkyl halides is 3. The Morgan fingerprint density at radius 1 is 1.38 bits per heavy atom. The maximum atomic E-state index is 12.5. The molecule has 6 heteroatoms. The average Bonchev–Trinajstić information content (AvgIpc) is 2.58. The van der Waals surface area contributed by atoms with Crippen molar-refractivity contribution in [2.45, 2.75) is 13.1 Å². The summed E-state index contributed by atoms with van der Waals surface area (Å²) in [6, 6.07) is 3.83. The quantitative estimate of drug-likeness (QED) is 0.706. The van der Waals surface area contributed by atoms with Crippen molar-refractivity contribution in [1.82, 2.24) is 5.16 Å². The van der Waals surface area contributed by atoms with Crippen LogP contribution in [0.4, 0.5) is 13.2 Å². The summed E-state index contributed by atoms with van der Waals surface area (Å²) in [5.41, 5.74) is -0.899. The first-order valence-corrected chi connectivity index (χ1v) is 4.37. The van der Waals surface area contributed by atoms with Crippen LogP contribution < -0.4 is 0 Å². The summed E-state index contributed by atoms with van der Waals surface area (Å²) in [6.07, 6.45) is -4.58. The number of Topliss-reactive ketones (excluding diaryl/α,β-unsaturated/α-hetero) is 1. The van der Waals surface area contributed by atoms with Crippen molar-refractivity contribution >= 4 is 16.8 Å². The van der Waals surface area contributed by atoms with Gasteiger partial charge in [0.1, 0.15) is 0 Å². The molecule has 0 aliphatic rings. The monoisotopic (exact) mass is 229 g/mol. The lowest BCUT2D eigenvalue weighted by molar-refractivity contribution is -0.141. The van der Waals surface area contributed by atoms with Gasteiger partial charge in [0.25, 0.3) is 0 Å². The lowest BCUT2D eigenvalue weighted by atomic mass is 10.1. The van der Waals surface area contributed by atoms with Crippen LogP contribution in [0.15, 0.2) is 22.7 Å². The number of hydrogen-bond acceptors (Lipinski definition) is 3. The maximum absolute atomic E-state index is 12.5. The lowest BCUT2D eigenvalue weighted by Gasteiger charge is -2.01. The van der Waals surface area contributed by atoms with Crippen LogP contribution in [0.3, 0.4) is 0 Å². The highest BCUT2D eigenvalue weighted by Crippen LogP contribution is 2.34. The SMILES string of the molecule is CC(=O)c1ccc2onc(C(F)(F)F)c2c1. The molecule has 3 nitrogen and oxygen atoms in total. The number of hydrogen-bond donors (Lipinski definition) is 0. The van der Waals surface area contributed by atoms with Crippen LogP contribution in [-0.4, -0.2) is 10.9 Å². The summed E-state index contributed by atoms with van der Waals surface area (Å²) in [7, 11) is 0. The number of fused-ring (bicyclic) bond motifs is 1. The van der Waals surface area contributed by atoms with Gasteiger partial charge in [-0.3, -0.25) is 4.79 Å². The number of carbonyl (C=O) groups excluding carboxylic acids is 1. The highest BCUT2D eigenvalue weighted by atomic mass is 19.4. The molecule has 1 heterocycles. The Morgan fingerprint density at radius 2 is 2.06 bits per heavy atom. The van der Waals surface area contributed by atoms with E-state index in [2.05, 4.69) is 9.68 Å². The van der Waals surface area contributed by atoms with Crippen molar-refractivity contribution < 1.29 is 22.5 Å². The first-order valence-electron chi connectivity index (χ1n) is 4.37. The molecule has 1 aromatic heterocycles. The molecule has 84 valence electrons. The topological polar surface area (TPSA) is 43.1 Å². The Balaban J connectivity index is 2.70. The molecule has 2 aromatic rings. The van der Waals surface area contributed by atoms with Crippen LogP contribution in [0.2, 0.25) is 0 Å². The van der Waals surface area contributed by atoms with Gasteiger partial charge in [-0.05, 0) is 25.1 Å². The van der Waals surface area contributed by atoms with Crippen molar-refractivity contribution in [3.63, 3.8) is 0 Å². The number of halogens is 3. The third-order valence-corrected chi connectivity index (χ3v) is 2.14. The van der Waals surface area contributed by atoms with Crippen LogP contribution in [0.1, 0.15) is 23.0 Å². The molecular formula is C10H6F3NO2. The Kier molecular flexibility index (Phi) is 2.22. The molecule has 0 fully saturated rings. The molecule has 0 spiro atoms. The zero-order valence-corrected chi connectivity index (χ0v) is 8.13. The van der Waals surface area contributed by atoms with Gasteiger partial charge in [-0.2, -0.15) is 13.2 Å². The molecule has 0 radical (unpaired) electrons. The molecule has 1 aromatic carbocycles. The van der Waals surface area contributed by atoms with Gasteiger partial charge in [0, 0.05) is 5.56 Å². The maximum Gasteiger partial charge on any atom is 0.437 e. The van der Waals surface area contributed by atoms with E-state index in [1.807, 2.05) is 0 Å². The summed E-state index contributed by atoms with van der Waals surface area (Å²) in [4.78, 5) is 11.0. The molecule has 0 saturated heterocycles. The molecule has 0 N–H and O–H groups in total. The van der Waals surface area contributed by atoms with Crippen LogP contribution >= 0.6 is 0 Å². The minimum atomic E-state index is -4.58. The van der Waals surface area contributed by atoms with Gasteiger partial charge in [-0.15, -0.1) is 0 Å². The van der Waals surface area contributed by atoms with E-state index in [1.165, 1.54) is 19.1 Å². The Labute approximate surface area is 87.8 Å². The van der Waals surface area contributed by atoms with Crippen molar-refractivity contribution in [3.05, 3.63) is 29.5 Å². The van der Waals surface area contributed by atoms with E-state index in [9.17, 15) is 18.0 Å². The summed E-state index contributed by atoms with van der Waals surface area (Å²) >= 11 is 0. The standard InChI is InChI=1S/C10H6F3NO2/c1-5(15)6-2-3-8-7(4-6)9(14-16-8)10(11,12)13/h2-4H,1H3. The zero-order valence-electron chi connectivity index (χ0n) is 8.13. The molecule has 0 aliphatic heterocycles. The molecule has 2 rings (SSSR count). The molecule has 0 unspecified atom stereocenters. The minimum Gasteiger partial charge on any atom is -0.356 e. The number of ketones is 1. The van der Waals surface area contributed by atoms with E-state index in [0.717, 1.165) is 6.07 Å². The van der Waals surface area contributed by atoms with E-state index in [1.54, 1.807) is 0 Å². The summed E-state index contributed by atoms with van der Waals surface area (Å²) in [5.74, 6) is -0.309. The lowest BCUT2D eigenvalue weighted by Crippen LogP contribution is -2.05. The number of carbonyl (C=O) groups is 1. The van der Waals surface area contributed by atoms with E-state index in [0.29, 0.717) is 0 Å². The van der Waals surface area contributed by atoms with Crippen molar-refractivity contribution in [2.75, 3.05) is 0 Å². The molecule has 0 amide bonds. The number of nitrogens with zero attached hydrogens (tertiary/aromatic N) is 1. The summed E-state index contributed by atoms with van der Waals surface area (Å²) < 4.78 is 42.0. The predicted octanol–water partition coefficient (Wildman–Crippen LogP) is 3.05. The highest BCUT2D eigenvalue weighted by molar-refractivity contribution is 5.98. The third-order valence-electron chi connectivity index (χ3n) is 2.14. The fraction of sp³-hybridized carbons (Fsp3) is 0.200. The molecule has 0 atom stereocenters. The Hall–Kier alpha value is -1.85. The van der Waals surface area contributed by atoms with E-state index >= 15 is 0 Å². The predicted molar refractivity (Wildman–Crippen MR) is 49.0 cm³/mol. The molecule has 16 heavy (non-hydrogen) atoms. The van der Waals surface area contributed by atoms with Gasteiger partial charge in [0.2, 0.25) is 0 Å². The molecule has 0 aliphatic carbocycles. The van der Waals surface area contributed by atoms with Gasteiger partial charge in [-0.25, -0.2) is 0 Å². The average molecular weight is 229 g/mol. The largest absolute Gasteiger partial charge is 0.437 e. The summed E-state index contributed by atoms with van der Waals surface area (Å²) in [5, 5.41) is 2.76. The van der Waals surface area contributed by atoms with Crippen molar-refractivity contribution in [1.29, 1.82) is 0 Å². The third kappa shape index (κ3) is 1.66. The van der Waals surface area contributed by atoms with Crippen LogP contribution in [0.25, 0.3) is 11.0 Å². The fourth-order valence-electron chi connectivity index (χ4n) is 1.36. The van der Waals surface area contributed by atoms with Gasteiger partial charge in [-0.1, -0.05) is 5.16 Å². The fourth-order valence-corrected chi connectivity index (χ4v) is 1.36. The Bertz CT molecular complexity index is 557. The number of rotatable bonds is 1. The van der Waals surface area contributed by atoms with E-state index in [4.69, 9.17) is 0 Å². The van der Waals surface area contributed by atoms with Gasteiger partial charge < -0.3 is 4.52 Å². The van der Waals surface area contributed by atoms with Gasteiger partial charge in [0.15, 0.2) is 17.1 Å². The Morgan fingerprint density at radius 3 is 2.62 bits per heavy atom. The highest BCUT2D eigenvalue weighted by Gasteiger charge is 2.37. The first kappa shape index (κ1) is 10.7. The second kappa shape index (κ2) is 3.33. The molecule has 0 bridgehead atoms. The minimum absolute atomic E-state index is 0.0114.